The Morgan fingerprint density at radius 3 is 2.54 bits per heavy atom. The minimum atomic E-state index is 0.0194. The van der Waals surface area contributed by atoms with Gasteiger partial charge in [0.1, 0.15) is 0 Å². The average Bonchev–Trinajstić information content (AvgIpc) is 3.30. The molecule has 0 unspecified atom stereocenters. The number of carbonyl (C=O) groups is 2. The lowest BCUT2D eigenvalue weighted by Crippen LogP contribution is -2.43. The van der Waals surface area contributed by atoms with Crippen molar-refractivity contribution in [1.29, 1.82) is 0 Å². The first kappa shape index (κ1) is 16.7. The third-order valence-corrected chi connectivity index (χ3v) is 5.02. The summed E-state index contributed by atoms with van der Waals surface area (Å²) in [5.74, 6) is 0.408. The standard InChI is InChI=1S/C18H26N4O2/c1-2-22-16(7-10-19-22)5-6-17(23)20-13-8-15(9-14-20)18(24)21-11-3-4-12-21/h5-7,10,15H,2-4,8-9,11-14H2,1H3. The van der Waals surface area contributed by atoms with Gasteiger partial charge in [-0.05, 0) is 44.7 Å². The van der Waals surface area contributed by atoms with Gasteiger partial charge < -0.3 is 9.80 Å². The second-order valence-electron chi connectivity index (χ2n) is 6.54. The zero-order valence-electron chi connectivity index (χ0n) is 14.4. The van der Waals surface area contributed by atoms with E-state index in [1.165, 1.54) is 0 Å². The molecule has 0 bridgehead atoms. The van der Waals surface area contributed by atoms with Crippen molar-refractivity contribution in [3.8, 4) is 0 Å². The van der Waals surface area contributed by atoms with Gasteiger partial charge in [-0.1, -0.05) is 0 Å². The fourth-order valence-electron chi connectivity index (χ4n) is 3.55. The smallest absolute Gasteiger partial charge is 0.246 e. The molecule has 2 aliphatic rings. The van der Waals surface area contributed by atoms with Crippen LogP contribution in [0.1, 0.15) is 38.3 Å². The number of nitrogens with zero attached hydrogens (tertiary/aromatic N) is 4. The monoisotopic (exact) mass is 330 g/mol. The number of hydrogen-bond donors (Lipinski definition) is 0. The van der Waals surface area contributed by atoms with Crippen molar-refractivity contribution in [2.45, 2.75) is 39.2 Å². The van der Waals surface area contributed by atoms with Crippen LogP contribution in [-0.4, -0.2) is 57.6 Å². The maximum absolute atomic E-state index is 12.4. The fourth-order valence-corrected chi connectivity index (χ4v) is 3.55. The van der Waals surface area contributed by atoms with Crippen molar-refractivity contribution in [2.75, 3.05) is 26.2 Å². The predicted molar refractivity (Wildman–Crippen MR) is 92.1 cm³/mol. The van der Waals surface area contributed by atoms with Crippen LogP contribution in [0.25, 0.3) is 6.08 Å². The van der Waals surface area contributed by atoms with E-state index >= 15 is 0 Å². The zero-order valence-corrected chi connectivity index (χ0v) is 14.4. The van der Waals surface area contributed by atoms with Crippen molar-refractivity contribution < 1.29 is 9.59 Å². The molecule has 0 radical (unpaired) electrons. The molecule has 0 N–H and O–H groups in total. The molecule has 2 saturated heterocycles. The minimum Gasteiger partial charge on any atom is -0.342 e. The van der Waals surface area contributed by atoms with Crippen LogP contribution in [0, 0.1) is 5.92 Å². The lowest BCUT2D eigenvalue weighted by atomic mass is 9.95. The van der Waals surface area contributed by atoms with Gasteiger partial charge in [-0.25, -0.2) is 0 Å². The van der Waals surface area contributed by atoms with E-state index in [9.17, 15) is 9.59 Å². The minimum absolute atomic E-state index is 0.0194. The van der Waals surface area contributed by atoms with Gasteiger partial charge in [0.05, 0.1) is 5.69 Å². The number of amides is 2. The molecular formula is C18H26N4O2. The molecule has 3 rings (SSSR count). The first-order chi connectivity index (χ1) is 11.7. The Hall–Kier alpha value is -2.11. The SMILES string of the molecule is CCn1nccc1C=CC(=O)N1CCC(C(=O)N2CCCC2)CC1. The van der Waals surface area contributed by atoms with E-state index in [1.807, 2.05) is 33.5 Å². The molecule has 130 valence electrons. The normalized spacial score (nSPS) is 19.4. The van der Waals surface area contributed by atoms with E-state index in [0.717, 1.165) is 51.0 Å². The highest BCUT2D eigenvalue weighted by Crippen LogP contribution is 2.22. The van der Waals surface area contributed by atoms with Gasteiger partial charge in [-0.15, -0.1) is 0 Å². The lowest BCUT2D eigenvalue weighted by molar-refractivity contribution is -0.138. The van der Waals surface area contributed by atoms with E-state index in [2.05, 4.69) is 5.10 Å². The van der Waals surface area contributed by atoms with Crippen molar-refractivity contribution in [1.82, 2.24) is 19.6 Å². The molecule has 0 aromatic carbocycles. The molecule has 24 heavy (non-hydrogen) atoms. The van der Waals surface area contributed by atoms with Gasteiger partial charge in [0.2, 0.25) is 11.8 Å². The number of carbonyl (C=O) groups excluding carboxylic acids is 2. The molecule has 2 amide bonds. The summed E-state index contributed by atoms with van der Waals surface area (Å²) >= 11 is 0. The van der Waals surface area contributed by atoms with Crippen molar-refractivity contribution in [3.63, 3.8) is 0 Å². The first-order valence-electron chi connectivity index (χ1n) is 8.96. The number of aromatic nitrogens is 2. The van der Waals surface area contributed by atoms with Crippen LogP contribution >= 0.6 is 0 Å². The second-order valence-corrected chi connectivity index (χ2v) is 6.54. The van der Waals surface area contributed by atoms with Crippen LogP contribution in [0.2, 0.25) is 0 Å². The summed E-state index contributed by atoms with van der Waals surface area (Å²) in [6.45, 7) is 5.96. The van der Waals surface area contributed by atoms with Crippen molar-refractivity contribution in [3.05, 3.63) is 24.0 Å². The van der Waals surface area contributed by atoms with Gasteiger partial charge in [0, 0.05) is 50.9 Å². The Bertz CT molecular complexity index is 608. The molecule has 6 nitrogen and oxygen atoms in total. The first-order valence-corrected chi connectivity index (χ1v) is 8.96. The Kier molecular flexibility index (Phi) is 5.33. The predicted octanol–water partition coefficient (Wildman–Crippen LogP) is 1.78. The Morgan fingerprint density at radius 1 is 1.17 bits per heavy atom. The molecule has 2 aliphatic heterocycles. The third kappa shape index (κ3) is 3.68. The zero-order chi connectivity index (χ0) is 16.9. The maximum Gasteiger partial charge on any atom is 0.246 e. The highest BCUT2D eigenvalue weighted by atomic mass is 16.2. The molecule has 0 saturated carbocycles. The van der Waals surface area contributed by atoms with Crippen LogP contribution in [0.5, 0.6) is 0 Å². The highest BCUT2D eigenvalue weighted by Gasteiger charge is 2.30. The molecule has 1 aromatic heterocycles. The molecule has 0 atom stereocenters. The highest BCUT2D eigenvalue weighted by molar-refractivity contribution is 5.91. The van der Waals surface area contributed by atoms with Gasteiger partial charge >= 0.3 is 0 Å². The van der Waals surface area contributed by atoms with Gasteiger partial charge in [-0.2, -0.15) is 5.10 Å². The van der Waals surface area contributed by atoms with E-state index in [-0.39, 0.29) is 11.8 Å². The largest absolute Gasteiger partial charge is 0.342 e. The Balaban J connectivity index is 1.50. The fraction of sp³-hybridized carbons (Fsp3) is 0.611. The third-order valence-electron chi connectivity index (χ3n) is 5.02. The molecular weight excluding hydrogens is 304 g/mol. The van der Waals surface area contributed by atoms with E-state index in [1.54, 1.807) is 12.3 Å². The summed E-state index contributed by atoms with van der Waals surface area (Å²) < 4.78 is 1.85. The number of likely N-dealkylation sites (tertiary alicyclic amines) is 2. The summed E-state index contributed by atoms with van der Waals surface area (Å²) in [7, 11) is 0. The van der Waals surface area contributed by atoms with E-state index in [4.69, 9.17) is 0 Å². The summed E-state index contributed by atoms with van der Waals surface area (Å²) in [5, 5.41) is 4.19. The Labute approximate surface area is 143 Å². The summed E-state index contributed by atoms with van der Waals surface area (Å²) in [6, 6.07) is 1.90. The average molecular weight is 330 g/mol. The number of hydrogen-bond acceptors (Lipinski definition) is 3. The van der Waals surface area contributed by atoms with Gasteiger partial charge in [-0.3, -0.25) is 14.3 Å². The molecule has 1 aromatic rings. The summed E-state index contributed by atoms with van der Waals surface area (Å²) in [6.07, 6.45) is 8.99. The quantitative estimate of drug-likeness (QED) is 0.791. The van der Waals surface area contributed by atoms with E-state index in [0.29, 0.717) is 19.0 Å². The summed E-state index contributed by atoms with van der Waals surface area (Å²) in [4.78, 5) is 28.6. The van der Waals surface area contributed by atoms with Crippen LogP contribution in [0.4, 0.5) is 0 Å². The van der Waals surface area contributed by atoms with Crippen LogP contribution in [-0.2, 0) is 16.1 Å². The lowest BCUT2D eigenvalue weighted by Gasteiger charge is -2.32. The van der Waals surface area contributed by atoms with Crippen LogP contribution in [0.3, 0.4) is 0 Å². The van der Waals surface area contributed by atoms with Gasteiger partial charge in [0.15, 0.2) is 0 Å². The number of piperidine rings is 1. The van der Waals surface area contributed by atoms with Crippen molar-refractivity contribution >= 4 is 17.9 Å². The number of aryl methyl sites for hydroxylation is 1. The maximum atomic E-state index is 12.4. The molecule has 3 heterocycles. The summed E-state index contributed by atoms with van der Waals surface area (Å²) in [5.41, 5.74) is 0.935. The van der Waals surface area contributed by atoms with Crippen molar-refractivity contribution in [2.24, 2.45) is 5.92 Å². The molecule has 2 fully saturated rings. The van der Waals surface area contributed by atoms with Crippen LogP contribution in [0.15, 0.2) is 18.3 Å². The van der Waals surface area contributed by atoms with Crippen LogP contribution < -0.4 is 0 Å². The topological polar surface area (TPSA) is 58.4 Å². The molecule has 0 spiro atoms. The molecule has 0 aliphatic carbocycles. The molecule has 6 heteroatoms. The Morgan fingerprint density at radius 2 is 1.88 bits per heavy atom. The van der Waals surface area contributed by atoms with E-state index < -0.39 is 0 Å². The second kappa shape index (κ2) is 7.64. The van der Waals surface area contributed by atoms with Gasteiger partial charge in [0.25, 0.3) is 0 Å². The number of rotatable bonds is 4.